The molecule has 4 rings (SSSR count). The zero-order valence-electron chi connectivity index (χ0n) is 17.9. The Morgan fingerprint density at radius 2 is 1.68 bits per heavy atom. The van der Waals surface area contributed by atoms with E-state index in [0.717, 1.165) is 29.8 Å². The van der Waals surface area contributed by atoms with Gasteiger partial charge in [0.05, 0.1) is 0 Å². The number of aryl methyl sites for hydroxylation is 1. The Morgan fingerprint density at radius 3 is 2.48 bits per heavy atom. The Kier molecular flexibility index (Phi) is 7.22. The van der Waals surface area contributed by atoms with Crippen LogP contribution in [0.5, 0.6) is 5.75 Å². The van der Waals surface area contributed by atoms with Gasteiger partial charge in [-0.2, -0.15) is 0 Å². The number of hydrogen-bond acceptors (Lipinski definition) is 3. The third-order valence-corrected chi connectivity index (χ3v) is 5.79. The van der Waals surface area contributed by atoms with Crippen LogP contribution >= 0.6 is 0 Å². The number of para-hydroxylation sites is 1. The molecular weight excluding hydrogens is 384 g/mol. The molecule has 0 saturated carbocycles. The van der Waals surface area contributed by atoms with Crippen molar-refractivity contribution in [3.8, 4) is 5.75 Å². The standard InChI is InChI=1S/C27H30N2O2/c30-27(28-20-25-14-8-18-29(25)24-12-5-2-6-13-24)17-16-22-11-7-15-26(19-22)31-21-23-9-3-1-4-10-23/h1-7,9-13,15,19,25H,8,14,16-18,20-21H2,(H,28,30). The van der Waals surface area contributed by atoms with Gasteiger partial charge in [-0.05, 0) is 54.7 Å². The number of carbonyl (C=O) groups is 1. The lowest BCUT2D eigenvalue weighted by Gasteiger charge is -2.27. The first-order valence-electron chi connectivity index (χ1n) is 11.1. The Hall–Kier alpha value is -3.27. The smallest absolute Gasteiger partial charge is 0.220 e. The van der Waals surface area contributed by atoms with Crippen molar-refractivity contribution in [1.29, 1.82) is 0 Å². The molecule has 1 unspecified atom stereocenters. The average Bonchev–Trinajstić information content (AvgIpc) is 3.30. The summed E-state index contributed by atoms with van der Waals surface area (Å²) >= 11 is 0. The second kappa shape index (κ2) is 10.7. The average molecular weight is 415 g/mol. The van der Waals surface area contributed by atoms with Gasteiger partial charge in [-0.1, -0.05) is 60.7 Å². The van der Waals surface area contributed by atoms with E-state index in [1.54, 1.807) is 0 Å². The lowest BCUT2D eigenvalue weighted by atomic mass is 10.1. The zero-order chi connectivity index (χ0) is 21.3. The number of benzene rings is 3. The number of carbonyl (C=O) groups excluding carboxylic acids is 1. The first-order valence-corrected chi connectivity index (χ1v) is 11.1. The molecule has 3 aromatic rings. The molecule has 0 spiro atoms. The van der Waals surface area contributed by atoms with Crippen LogP contribution in [0.25, 0.3) is 0 Å². The summed E-state index contributed by atoms with van der Waals surface area (Å²) in [6.07, 6.45) is 3.49. The highest BCUT2D eigenvalue weighted by molar-refractivity contribution is 5.76. The van der Waals surface area contributed by atoms with Gasteiger partial charge in [-0.3, -0.25) is 4.79 Å². The van der Waals surface area contributed by atoms with Gasteiger partial charge in [0.25, 0.3) is 0 Å². The second-order valence-corrected chi connectivity index (χ2v) is 8.05. The first kappa shape index (κ1) is 21.0. The van der Waals surface area contributed by atoms with Crippen LogP contribution < -0.4 is 15.0 Å². The molecule has 1 N–H and O–H groups in total. The van der Waals surface area contributed by atoms with Crippen molar-refractivity contribution in [2.45, 2.75) is 38.3 Å². The normalized spacial score (nSPS) is 15.6. The Bertz CT molecular complexity index is 959. The molecule has 1 fully saturated rings. The molecule has 1 heterocycles. The number of amides is 1. The summed E-state index contributed by atoms with van der Waals surface area (Å²) < 4.78 is 5.90. The SMILES string of the molecule is O=C(CCc1cccc(OCc2ccccc2)c1)NCC1CCCN1c1ccccc1. The highest BCUT2D eigenvalue weighted by Gasteiger charge is 2.24. The van der Waals surface area contributed by atoms with Gasteiger partial charge in [-0.25, -0.2) is 0 Å². The number of hydrogen-bond donors (Lipinski definition) is 1. The van der Waals surface area contributed by atoms with E-state index in [0.29, 0.717) is 32.0 Å². The van der Waals surface area contributed by atoms with Crippen LogP contribution in [0.1, 0.15) is 30.4 Å². The second-order valence-electron chi connectivity index (χ2n) is 8.05. The summed E-state index contributed by atoms with van der Waals surface area (Å²) in [6, 6.07) is 29.0. The fourth-order valence-corrected chi connectivity index (χ4v) is 4.12. The number of ether oxygens (including phenoxy) is 1. The quantitative estimate of drug-likeness (QED) is 0.537. The van der Waals surface area contributed by atoms with E-state index < -0.39 is 0 Å². The van der Waals surface area contributed by atoms with Gasteiger partial charge in [0.1, 0.15) is 12.4 Å². The lowest BCUT2D eigenvalue weighted by Crippen LogP contribution is -2.40. The summed E-state index contributed by atoms with van der Waals surface area (Å²) in [5.74, 6) is 0.946. The van der Waals surface area contributed by atoms with Gasteiger partial charge in [0.2, 0.25) is 5.91 Å². The molecule has 0 radical (unpaired) electrons. The minimum Gasteiger partial charge on any atom is -0.489 e. The van der Waals surface area contributed by atoms with Crippen LogP contribution in [0.3, 0.4) is 0 Å². The number of nitrogens with zero attached hydrogens (tertiary/aromatic N) is 1. The van der Waals surface area contributed by atoms with E-state index in [1.807, 2.05) is 42.5 Å². The summed E-state index contributed by atoms with van der Waals surface area (Å²) in [5, 5.41) is 3.14. The molecule has 3 aromatic carbocycles. The number of anilines is 1. The van der Waals surface area contributed by atoms with Crippen LogP contribution in [0.15, 0.2) is 84.9 Å². The predicted molar refractivity (Wildman–Crippen MR) is 125 cm³/mol. The summed E-state index contributed by atoms with van der Waals surface area (Å²) in [6.45, 7) is 2.30. The van der Waals surface area contributed by atoms with Crippen molar-refractivity contribution in [2.24, 2.45) is 0 Å². The minimum absolute atomic E-state index is 0.107. The Balaban J connectivity index is 1.22. The van der Waals surface area contributed by atoms with Gasteiger partial charge >= 0.3 is 0 Å². The zero-order valence-corrected chi connectivity index (χ0v) is 17.9. The molecule has 1 saturated heterocycles. The van der Waals surface area contributed by atoms with E-state index in [4.69, 9.17) is 4.74 Å². The van der Waals surface area contributed by atoms with Gasteiger partial charge in [0, 0.05) is 31.2 Å². The van der Waals surface area contributed by atoms with E-state index in [2.05, 4.69) is 52.7 Å². The maximum absolute atomic E-state index is 12.5. The van der Waals surface area contributed by atoms with E-state index in [1.165, 1.54) is 12.1 Å². The molecule has 4 heteroatoms. The Labute approximate surface area is 184 Å². The van der Waals surface area contributed by atoms with E-state index >= 15 is 0 Å². The predicted octanol–water partition coefficient (Wildman–Crippen LogP) is 4.98. The lowest BCUT2D eigenvalue weighted by molar-refractivity contribution is -0.121. The van der Waals surface area contributed by atoms with Crippen LogP contribution in [0, 0.1) is 0 Å². The fourth-order valence-electron chi connectivity index (χ4n) is 4.12. The third-order valence-electron chi connectivity index (χ3n) is 5.79. The molecular formula is C27H30N2O2. The van der Waals surface area contributed by atoms with Crippen molar-refractivity contribution in [1.82, 2.24) is 5.32 Å². The molecule has 1 amide bonds. The summed E-state index contributed by atoms with van der Waals surface area (Å²) in [4.78, 5) is 14.9. The number of rotatable bonds is 9. The van der Waals surface area contributed by atoms with Gasteiger partial charge in [-0.15, -0.1) is 0 Å². The summed E-state index contributed by atoms with van der Waals surface area (Å²) in [7, 11) is 0. The van der Waals surface area contributed by atoms with E-state index in [-0.39, 0.29) is 5.91 Å². The summed E-state index contributed by atoms with van der Waals surface area (Å²) in [5.41, 5.74) is 3.50. The van der Waals surface area contributed by atoms with Crippen LogP contribution in [0.2, 0.25) is 0 Å². The largest absolute Gasteiger partial charge is 0.489 e. The first-order chi connectivity index (χ1) is 15.3. The van der Waals surface area contributed by atoms with Gasteiger partial charge < -0.3 is 15.0 Å². The van der Waals surface area contributed by atoms with Crippen LogP contribution in [-0.2, 0) is 17.8 Å². The van der Waals surface area contributed by atoms with Crippen molar-refractivity contribution in [2.75, 3.05) is 18.0 Å². The molecule has 1 aliphatic rings. The van der Waals surface area contributed by atoms with Crippen molar-refractivity contribution < 1.29 is 9.53 Å². The maximum atomic E-state index is 12.5. The van der Waals surface area contributed by atoms with Crippen molar-refractivity contribution in [3.05, 3.63) is 96.1 Å². The monoisotopic (exact) mass is 414 g/mol. The Morgan fingerprint density at radius 1 is 0.935 bits per heavy atom. The minimum atomic E-state index is 0.107. The highest BCUT2D eigenvalue weighted by Crippen LogP contribution is 2.24. The van der Waals surface area contributed by atoms with Gasteiger partial charge in [0.15, 0.2) is 0 Å². The molecule has 0 bridgehead atoms. The molecule has 1 atom stereocenters. The fraction of sp³-hybridized carbons (Fsp3) is 0.296. The van der Waals surface area contributed by atoms with Crippen LogP contribution in [0.4, 0.5) is 5.69 Å². The van der Waals surface area contributed by atoms with E-state index in [9.17, 15) is 4.79 Å². The van der Waals surface area contributed by atoms with Crippen molar-refractivity contribution in [3.63, 3.8) is 0 Å². The maximum Gasteiger partial charge on any atom is 0.220 e. The molecule has 160 valence electrons. The molecule has 1 aliphatic heterocycles. The highest BCUT2D eigenvalue weighted by atomic mass is 16.5. The van der Waals surface area contributed by atoms with Crippen molar-refractivity contribution >= 4 is 11.6 Å². The molecule has 4 nitrogen and oxygen atoms in total. The molecule has 0 aromatic heterocycles. The molecule has 0 aliphatic carbocycles. The third kappa shape index (κ3) is 6.11. The topological polar surface area (TPSA) is 41.6 Å². The number of nitrogens with one attached hydrogen (secondary N) is 1. The molecule has 31 heavy (non-hydrogen) atoms. The van der Waals surface area contributed by atoms with Crippen LogP contribution in [-0.4, -0.2) is 25.0 Å².